The molecule has 1 fully saturated rings. The molecular formula is C8H16ClNOS. The third-order valence-corrected chi connectivity index (χ3v) is 2.74. The van der Waals surface area contributed by atoms with Gasteiger partial charge in [0.25, 0.3) is 5.24 Å². The van der Waals surface area contributed by atoms with Crippen molar-refractivity contribution in [3.05, 3.63) is 0 Å². The predicted octanol–water partition coefficient (Wildman–Crippen LogP) is 2.72. The molecule has 0 saturated heterocycles. The van der Waals surface area contributed by atoms with Crippen molar-refractivity contribution >= 4 is 30.3 Å². The summed E-state index contributed by atoms with van der Waals surface area (Å²) in [7, 11) is 1.84. The molecule has 0 radical (unpaired) electrons. The lowest BCUT2D eigenvalue weighted by Crippen LogP contribution is -2.35. The average molecular weight is 210 g/mol. The van der Waals surface area contributed by atoms with Crippen molar-refractivity contribution in [2.45, 2.75) is 38.1 Å². The van der Waals surface area contributed by atoms with E-state index < -0.39 is 0 Å². The monoisotopic (exact) mass is 209 g/mol. The van der Waals surface area contributed by atoms with Crippen molar-refractivity contribution in [2.75, 3.05) is 7.05 Å². The van der Waals surface area contributed by atoms with Crippen molar-refractivity contribution in [1.29, 1.82) is 0 Å². The molecule has 0 atom stereocenters. The Morgan fingerprint density at radius 3 is 2.25 bits per heavy atom. The van der Waals surface area contributed by atoms with E-state index in [2.05, 4.69) is 12.6 Å². The highest BCUT2D eigenvalue weighted by Gasteiger charge is 2.19. The van der Waals surface area contributed by atoms with Crippen LogP contribution in [0.5, 0.6) is 0 Å². The van der Waals surface area contributed by atoms with E-state index in [0.717, 1.165) is 12.8 Å². The van der Waals surface area contributed by atoms with Gasteiger partial charge in [-0.15, -0.1) is 12.4 Å². The van der Waals surface area contributed by atoms with Crippen LogP contribution in [0.4, 0.5) is 4.79 Å². The number of thiol groups is 1. The average Bonchev–Trinajstić information content (AvgIpc) is 2.05. The van der Waals surface area contributed by atoms with E-state index in [1.54, 1.807) is 4.90 Å². The first-order valence-corrected chi connectivity index (χ1v) is 4.62. The van der Waals surface area contributed by atoms with Crippen molar-refractivity contribution in [3.8, 4) is 0 Å². The summed E-state index contributed by atoms with van der Waals surface area (Å²) in [5.74, 6) is 0. The van der Waals surface area contributed by atoms with Crippen molar-refractivity contribution in [1.82, 2.24) is 4.90 Å². The Labute approximate surface area is 85.5 Å². The number of nitrogens with zero attached hydrogens (tertiary/aromatic N) is 1. The molecule has 4 heteroatoms. The molecule has 0 spiro atoms. The molecule has 72 valence electrons. The van der Waals surface area contributed by atoms with Gasteiger partial charge < -0.3 is 4.90 Å². The smallest absolute Gasteiger partial charge is 0.278 e. The molecule has 1 saturated carbocycles. The second kappa shape index (κ2) is 5.70. The second-order valence-corrected chi connectivity index (χ2v) is 3.57. The third-order valence-electron chi connectivity index (χ3n) is 2.42. The number of halogens is 1. The van der Waals surface area contributed by atoms with Crippen molar-refractivity contribution < 1.29 is 4.79 Å². The minimum Gasteiger partial charge on any atom is -0.334 e. The molecule has 0 aliphatic heterocycles. The highest BCUT2D eigenvalue weighted by atomic mass is 35.5. The highest BCUT2D eigenvalue weighted by molar-refractivity contribution is 7.96. The lowest BCUT2D eigenvalue weighted by atomic mass is 9.95. The number of carbonyl (C=O) groups excluding carboxylic acids is 1. The first-order valence-electron chi connectivity index (χ1n) is 4.17. The van der Waals surface area contributed by atoms with Gasteiger partial charge in [0.15, 0.2) is 0 Å². The Balaban J connectivity index is 0.00000121. The Hall–Kier alpha value is 0.110. The Kier molecular flexibility index (Phi) is 5.76. The van der Waals surface area contributed by atoms with E-state index in [0.29, 0.717) is 6.04 Å². The third kappa shape index (κ3) is 3.23. The summed E-state index contributed by atoms with van der Waals surface area (Å²) in [5.41, 5.74) is 0. The molecule has 1 aliphatic carbocycles. The molecule has 0 aromatic rings. The molecule has 1 rings (SSSR count). The van der Waals surface area contributed by atoms with E-state index in [9.17, 15) is 4.79 Å². The standard InChI is InChI=1S/C8H15NOS.ClH/c1-9(8(10)11)7-5-3-2-4-6-7;/h7H,2-6H2,1H3,(H,10,11);1H. The number of carbonyl (C=O) groups is 1. The summed E-state index contributed by atoms with van der Waals surface area (Å²) in [5, 5.41) is -0.100. The van der Waals surface area contributed by atoms with Crippen LogP contribution in [0.2, 0.25) is 0 Å². The molecule has 0 unspecified atom stereocenters. The molecule has 1 aliphatic rings. The summed E-state index contributed by atoms with van der Waals surface area (Å²) in [4.78, 5) is 12.6. The summed E-state index contributed by atoms with van der Waals surface area (Å²) in [6.07, 6.45) is 6.16. The van der Waals surface area contributed by atoms with Gasteiger partial charge in [0.1, 0.15) is 0 Å². The fourth-order valence-electron chi connectivity index (χ4n) is 1.62. The first-order chi connectivity index (χ1) is 5.22. The van der Waals surface area contributed by atoms with Crippen LogP contribution in [0.25, 0.3) is 0 Å². The van der Waals surface area contributed by atoms with Gasteiger partial charge in [-0.1, -0.05) is 31.9 Å². The zero-order valence-electron chi connectivity index (χ0n) is 7.32. The number of amides is 1. The first kappa shape index (κ1) is 12.1. The Bertz CT molecular complexity index is 148. The predicted molar refractivity (Wildman–Crippen MR) is 56.3 cm³/mol. The summed E-state index contributed by atoms with van der Waals surface area (Å²) >= 11 is 3.79. The summed E-state index contributed by atoms with van der Waals surface area (Å²) < 4.78 is 0. The lowest BCUT2D eigenvalue weighted by Gasteiger charge is -2.29. The van der Waals surface area contributed by atoms with Gasteiger partial charge in [0, 0.05) is 13.1 Å². The summed E-state index contributed by atoms with van der Waals surface area (Å²) in [6.45, 7) is 0. The summed E-state index contributed by atoms with van der Waals surface area (Å²) in [6, 6.07) is 0.453. The van der Waals surface area contributed by atoms with Gasteiger partial charge in [0.05, 0.1) is 0 Å². The molecule has 1 amide bonds. The quantitative estimate of drug-likeness (QED) is 0.659. The van der Waals surface area contributed by atoms with Gasteiger partial charge in [-0.3, -0.25) is 4.79 Å². The molecule has 0 heterocycles. The molecule has 0 aromatic carbocycles. The molecule has 0 bridgehead atoms. The molecule has 0 N–H and O–H groups in total. The Morgan fingerprint density at radius 1 is 1.33 bits per heavy atom. The fourth-order valence-corrected chi connectivity index (χ4v) is 1.79. The molecule has 2 nitrogen and oxygen atoms in total. The van der Waals surface area contributed by atoms with E-state index in [1.165, 1.54) is 19.3 Å². The van der Waals surface area contributed by atoms with Gasteiger partial charge in [-0.2, -0.15) is 0 Å². The SMILES string of the molecule is CN(C(=O)S)C1CCCCC1.Cl. The van der Waals surface area contributed by atoms with E-state index in [1.807, 2.05) is 7.05 Å². The molecule has 12 heavy (non-hydrogen) atoms. The molecule has 0 aromatic heterocycles. The van der Waals surface area contributed by atoms with Crippen LogP contribution < -0.4 is 0 Å². The number of rotatable bonds is 1. The van der Waals surface area contributed by atoms with E-state index in [4.69, 9.17) is 0 Å². The zero-order valence-corrected chi connectivity index (χ0v) is 9.03. The maximum Gasteiger partial charge on any atom is 0.278 e. The van der Waals surface area contributed by atoms with Crippen molar-refractivity contribution in [2.24, 2.45) is 0 Å². The maximum absolute atomic E-state index is 10.8. The topological polar surface area (TPSA) is 20.3 Å². The van der Waals surface area contributed by atoms with Gasteiger partial charge in [0.2, 0.25) is 0 Å². The van der Waals surface area contributed by atoms with Crippen LogP contribution in [0.3, 0.4) is 0 Å². The van der Waals surface area contributed by atoms with Gasteiger partial charge >= 0.3 is 0 Å². The van der Waals surface area contributed by atoms with E-state index in [-0.39, 0.29) is 17.6 Å². The normalized spacial score (nSPS) is 18.2. The van der Waals surface area contributed by atoms with Crippen molar-refractivity contribution in [3.63, 3.8) is 0 Å². The Morgan fingerprint density at radius 2 is 1.83 bits per heavy atom. The second-order valence-electron chi connectivity index (χ2n) is 3.19. The van der Waals surface area contributed by atoms with Gasteiger partial charge in [-0.05, 0) is 12.8 Å². The number of hydrogen-bond donors (Lipinski definition) is 1. The van der Waals surface area contributed by atoms with Crippen LogP contribution in [0, 0.1) is 0 Å². The number of hydrogen-bond acceptors (Lipinski definition) is 1. The van der Waals surface area contributed by atoms with Crippen LogP contribution >= 0.6 is 25.0 Å². The maximum atomic E-state index is 10.8. The van der Waals surface area contributed by atoms with E-state index >= 15 is 0 Å². The van der Waals surface area contributed by atoms with Crippen LogP contribution in [0.15, 0.2) is 0 Å². The fraction of sp³-hybridized carbons (Fsp3) is 0.875. The minimum absolute atomic E-state index is 0. The highest BCUT2D eigenvalue weighted by Crippen LogP contribution is 2.22. The van der Waals surface area contributed by atoms with Crippen LogP contribution in [0.1, 0.15) is 32.1 Å². The van der Waals surface area contributed by atoms with Crippen LogP contribution in [-0.2, 0) is 0 Å². The van der Waals surface area contributed by atoms with Gasteiger partial charge in [-0.25, -0.2) is 0 Å². The largest absolute Gasteiger partial charge is 0.334 e. The lowest BCUT2D eigenvalue weighted by molar-refractivity contribution is 0.197. The van der Waals surface area contributed by atoms with Crippen LogP contribution in [-0.4, -0.2) is 23.2 Å². The minimum atomic E-state index is -0.100. The zero-order chi connectivity index (χ0) is 8.27. The molecular weight excluding hydrogens is 194 g/mol.